The number of hydrogen-bond donors (Lipinski definition) is 1. The van der Waals surface area contributed by atoms with Crippen molar-refractivity contribution in [2.45, 2.75) is 27.4 Å². The molecule has 32 heavy (non-hydrogen) atoms. The number of anilines is 1. The zero-order chi connectivity index (χ0) is 22.8. The summed E-state index contributed by atoms with van der Waals surface area (Å²) in [6.07, 6.45) is 3.80. The highest BCUT2D eigenvalue weighted by atomic mass is 16.5. The van der Waals surface area contributed by atoms with Crippen LogP contribution >= 0.6 is 0 Å². The van der Waals surface area contributed by atoms with Crippen molar-refractivity contribution in [1.82, 2.24) is 14.5 Å². The van der Waals surface area contributed by atoms with Gasteiger partial charge in [0.2, 0.25) is 5.71 Å². The van der Waals surface area contributed by atoms with E-state index in [9.17, 15) is 9.59 Å². The van der Waals surface area contributed by atoms with Crippen LogP contribution in [0.5, 0.6) is 0 Å². The molecule has 0 aliphatic heterocycles. The average molecular weight is 434 g/mol. The van der Waals surface area contributed by atoms with Crippen LogP contribution in [0, 0.1) is 13.8 Å². The second-order valence-electron chi connectivity index (χ2n) is 7.13. The highest BCUT2D eigenvalue weighted by molar-refractivity contribution is 6.07. The lowest BCUT2D eigenvalue weighted by molar-refractivity contribution is 0.0461. The fourth-order valence-corrected chi connectivity index (χ4v) is 3.42. The van der Waals surface area contributed by atoms with Gasteiger partial charge < -0.3 is 24.2 Å². The van der Waals surface area contributed by atoms with E-state index in [0.717, 1.165) is 11.3 Å². The van der Waals surface area contributed by atoms with E-state index in [1.165, 1.54) is 0 Å². The van der Waals surface area contributed by atoms with E-state index in [4.69, 9.17) is 19.6 Å². The summed E-state index contributed by atoms with van der Waals surface area (Å²) in [6.45, 7) is 5.29. The maximum absolute atomic E-state index is 12.6. The Hall–Kier alpha value is -4.14. The summed E-state index contributed by atoms with van der Waals surface area (Å²) in [6, 6.07) is 9.13. The zero-order valence-corrected chi connectivity index (χ0v) is 17.9. The first-order valence-electron chi connectivity index (χ1n) is 10.0. The number of ether oxygens (including phenoxy) is 2. The van der Waals surface area contributed by atoms with Gasteiger partial charge in [0.25, 0.3) is 0 Å². The number of nitrogens with zero attached hydrogens (tertiary/aromatic N) is 3. The van der Waals surface area contributed by atoms with Crippen molar-refractivity contribution < 1.29 is 23.5 Å². The number of carbonyl (C=O) groups excluding carboxylic acids is 2. The Kier molecular flexibility index (Phi) is 5.63. The first kappa shape index (κ1) is 21.1. The number of fused-ring (bicyclic) bond motifs is 1. The minimum absolute atomic E-state index is 0.0474. The number of aryl methyl sites for hydroxylation is 2. The molecule has 3 heterocycles. The van der Waals surface area contributed by atoms with Crippen molar-refractivity contribution >= 4 is 28.9 Å². The predicted molar refractivity (Wildman–Crippen MR) is 117 cm³/mol. The maximum Gasteiger partial charge on any atom is 0.342 e. The molecule has 3 aromatic heterocycles. The van der Waals surface area contributed by atoms with Crippen molar-refractivity contribution in [2.24, 2.45) is 0 Å². The third-order valence-corrected chi connectivity index (χ3v) is 4.94. The molecule has 1 aromatic carbocycles. The van der Waals surface area contributed by atoms with Gasteiger partial charge in [-0.3, -0.25) is 0 Å². The van der Waals surface area contributed by atoms with Crippen LogP contribution in [0.3, 0.4) is 0 Å². The summed E-state index contributed by atoms with van der Waals surface area (Å²) in [5, 5.41) is 0.283. The monoisotopic (exact) mass is 434 g/mol. The molecule has 0 saturated heterocycles. The summed E-state index contributed by atoms with van der Waals surface area (Å²) >= 11 is 0. The molecule has 0 fully saturated rings. The lowest BCUT2D eigenvalue weighted by atomic mass is 10.1. The van der Waals surface area contributed by atoms with E-state index >= 15 is 0 Å². The third kappa shape index (κ3) is 3.92. The number of nitrogens with two attached hydrogens (primary N) is 1. The Morgan fingerprint density at radius 2 is 1.84 bits per heavy atom. The van der Waals surface area contributed by atoms with Crippen molar-refractivity contribution in [2.75, 3.05) is 12.3 Å². The lowest BCUT2D eigenvalue weighted by Gasteiger charge is -2.10. The summed E-state index contributed by atoms with van der Waals surface area (Å²) in [4.78, 5) is 33.3. The summed E-state index contributed by atoms with van der Waals surface area (Å²) in [5.41, 5.74) is 8.67. The number of carbonyl (C=O) groups is 2. The number of aromatic nitrogens is 3. The van der Waals surface area contributed by atoms with Crippen molar-refractivity contribution in [3.63, 3.8) is 0 Å². The molecule has 0 saturated carbocycles. The van der Waals surface area contributed by atoms with Crippen LogP contribution in [0.2, 0.25) is 0 Å². The lowest BCUT2D eigenvalue weighted by Crippen LogP contribution is -2.10. The molecule has 0 atom stereocenters. The number of furan rings is 1. The summed E-state index contributed by atoms with van der Waals surface area (Å²) in [5.74, 6) is -0.554. The molecule has 0 aliphatic carbocycles. The molecule has 0 amide bonds. The van der Waals surface area contributed by atoms with Gasteiger partial charge in [0.05, 0.1) is 17.6 Å². The van der Waals surface area contributed by atoms with Crippen LogP contribution in [0.15, 0.2) is 47.1 Å². The van der Waals surface area contributed by atoms with Crippen LogP contribution in [0.4, 0.5) is 5.82 Å². The predicted octanol–water partition coefficient (Wildman–Crippen LogP) is 3.75. The highest BCUT2D eigenvalue weighted by Gasteiger charge is 2.24. The molecule has 0 unspecified atom stereocenters. The van der Waals surface area contributed by atoms with Gasteiger partial charge in [-0.15, -0.1) is 0 Å². The van der Waals surface area contributed by atoms with Gasteiger partial charge in [-0.05, 0) is 50.6 Å². The van der Waals surface area contributed by atoms with Crippen molar-refractivity contribution in [3.8, 4) is 5.69 Å². The molecular weight excluding hydrogens is 412 g/mol. The highest BCUT2D eigenvalue weighted by Crippen LogP contribution is 2.29. The van der Waals surface area contributed by atoms with E-state index in [0.29, 0.717) is 11.3 Å². The van der Waals surface area contributed by atoms with Gasteiger partial charge in [0.1, 0.15) is 17.1 Å². The largest absolute Gasteiger partial charge is 0.462 e. The number of esters is 2. The van der Waals surface area contributed by atoms with Gasteiger partial charge in [-0.25, -0.2) is 14.6 Å². The van der Waals surface area contributed by atoms with Gasteiger partial charge in [-0.1, -0.05) is 6.07 Å². The smallest absolute Gasteiger partial charge is 0.342 e. The Labute approximate surface area is 183 Å². The minimum atomic E-state index is -0.559. The van der Waals surface area contributed by atoms with Crippen LogP contribution in [0.25, 0.3) is 16.8 Å². The van der Waals surface area contributed by atoms with Crippen LogP contribution in [-0.2, 0) is 16.1 Å². The fraction of sp³-hybridized carbons (Fsp3) is 0.217. The molecule has 2 N–H and O–H groups in total. The average Bonchev–Trinajstić information content (AvgIpc) is 3.40. The first-order chi connectivity index (χ1) is 15.4. The Morgan fingerprint density at radius 1 is 1.09 bits per heavy atom. The van der Waals surface area contributed by atoms with E-state index < -0.39 is 11.9 Å². The summed E-state index contributed by atoms with van der Waals surface area (Å²) in [7, 11) is 0. The number of nitrogen functional groups attached to an aromatic ring is 1. The number of hydrogen-bond acceptors (Lipinski definition) is 8. The minimum Gasteiger partial charge on any atom is -0.462 e. The third-order valence-electron chi connectivity index (χ3n) is 4.94. The fourth-order valence-electron chi connectivity index (χ4n) is 3.42. The Balaban J connectivity index is 1.55. The molecule has 0 spiro atoms. The van der Waals surface area contributed by atoms with E-state index in [-0.39, 0.29) is 41.5 Å². The molecule has 164 valence electrons. The van der Waals surface area contributed by atoms with E-state index in [2.05, 4.69) is 9.97 Å². The van der Waals surface area contributed by atoms with E-state index in [1.807, 2.05) is 42.1 Å². The van der Waals surface area contributed by atoms with E-state index in [1.54, 1.807) is 26.0 Å². The zero-order valence-electron chi connectivity index (χ0n) is 17.9. The molecule has 4 rings (SSSR count). The number of rotatable bonds is 6. The SMILES string of the molecule is CCOC(=O)c1c(C)oc2nc(COC(=O)c3ccc(C)c(-n4cccc4)c3)nc(N)c12. The van der Waals surface area contributed by atoms with Gasteiger partial charge in [0, 0.05) is 18.1 Å². The topological polar surface area (TPSA) is 122 Å². The van der Waals surface area contributed by atoms with Gasteiger partial charge in [0.15, 0.2) is 12.4 Å². The Bertz CT molecular complexity index is 1310. The quantitative estimate of drug-likeness (QED) is 0.455. The van der Waals surface area contributed by atoms with Crippen LogP contribution < -0.4 is 5.73 Å². The standard InChI is InChI=1S/C23H22N4O5/c1-4-30-23(29)18-14(3)32-21-19(18)20(24)25-17(26-21)12-31-22(28)15-8-7-13(2)16(11-15)27-9-5-6-10-27/h5-11H,4,12H2,1-3H3,(H2,24,25,26). The molecule has 0 bridgehead atoms. The molecule has 0 radical (unpaired) electrons. The van der Waals surface area contributed by atoms with Crippen molar-refractivity contribution in [1.29, 1.82) is 0 Å². The Morgan fingerprint density at radius 3 is 2.56 bits per heavy atom. The molecule has 9 nitrogen and oxygen atoms in total. The molecule has 0 aliphatic rings. The van der Waals surface area contributed by atoms with Gasteiger partial charge in [-0.2, -0.15) is 4.98 Å². The molecular formula is C23H22N4O5. The summed E-state index contributed by atoms with van der Waals surface area (Å²) < 4.78 is 17.9. The normalized spacial score (nSPS) is 11.0. The first-order valence-corrected chi connectivity index (χ1v) is 10.0. The maximum atomic E-state index is 12.6. The van der Waals surface area contributed by atoms with Crippen molar-refractivity contribution in [3.05, 3.63) is 71.0 Å². The second kappa shape index (κ2) is 8.54. The molecule has 9 heteroatoms. The number of benzene rings is 1. The van der Waals surface area contributed by atoms with Crippen LogP contribution in [-0.4, -0.2) is 33.1 Å². The van der Waals surface area contributed by atoms with Crippen LogP contribution in [0.1, 0.15) is 44.8 Å². The molecule has 4 aromatic rings. The second-order valence-corrected chi connectivity index (χ2v) is 7.13. The van der Waals surface area contributed by atoms with Gasteiger partial charge >= 0.3 is 11.9 Å².